The molecule has 11 atom stereocenters. The topological polar surface area (TPSA) is 255 Å². The zero-order valence-electron chi connectivity index (χ0n) is 44.9. The Morgan fingerprint density at radius 1 is 1.08 bits per heavy atom. The summed E-state index contributed by atoms with van der Waals surface area (Å²) in [4.78, 5) is 25.9. The first kappa shape index (κ1) is 53.4. The van der Waals surface area contributed by atoms with Gasteiger partial charge in [-0.2, -0.15) is 0 Å². The van der Waals surface area contributed by atoms with Crippen LogP contribution in [0.1, 0.15) is 86.5 Å². The second kappa shape index (κ2) is 23.4. The fourth-order valence-electron chi connectivity index (χ4n) is 13.2. The van der Waals surface area contributed by atoms with Crippen molar-refractivity contribution in [3.05, 3.63) is 131 Å². The number of hydrogen-bond donors (Lipinski definition) is 10. The Balaban J connectivity index is 0.985. The Morgan fingerprint density at radius 3 is 2.80 bits per heavy atom. The van der Waals surface area contributed by atoms with E-state index in [2.05, 4.69) is 78.1 Å². The molecular weight excluding hydrogens is 1000 g/mol. The van der Waals surface area contributed by atoms with Gasteiger partial charge in [0, 0.05) is 106 Å². The number of guanidine groups is 1. The van der Waals surface area contributed by atoms with Crippen LogP contribution in [0.25, 0.3) is 10.9 Å². The van der Waals surface area contributed by atoms with E-state index in [9.17, 15) is 25.2 Å². The molecule has 18 nitrogen and oxygen atoms in total. The van der Waals surface area contributed by atoms with E-state index >= 15 is 0 Å². The molecule has 11 N–H and O–H groups in total. The summed E-state index contributed by atoms with van der Waals surface area (Å²) >= 11 is 0. The normalized spacial score (nSPS) is 28.4. The lowest BCUT2D eigenvalue weighted by Crippen LogP contribution is -2.73. The van der Waals surface area contributed by atoms with Gasteiger partial charge in [-0.05, 0) is 123 Å². The van der Waals surface area contributed by atoms with Gasteiger partial charge in [0.05, 0.1) is 41.6 Å². The molecule has 1 spiro atoms. The number of hydrogen-bond acceptors (Lipinski definition) is 14. The number of aromatic amines is 1. The van der Waals surface area contributed by atoms with Gasteiger partial charge in [-0.1, -0.05) is 42.2 Å². The highest BCUT2D eigenvalue weighted by molar-refractivity contribution is 5.84. The van der Waals surface area contributed by atoms with Crippen LogP contribution in [0.3, 0.4) is 0 Å². The van der Waals surface area contributed by atoms with E-state index in [1.54, 1.807) is 24.5 Å². The number of carbonyl (C=O) groups is 1. The summed E-state index contributed by atoms with van der Waals surface area (Å²) in [6.07, 6.45) is 19.8. The maximum Gasteiger partial charge on any atom is 0.302 e. The summed E-state index contributed by atoms with van der Waals surface area (Å²) in [6.45, 7) is 3.53. The molecule has 0 radical (unpaired) electrons. The third-order valence-corrected chi connectivity index (χ3v) is 16.9. The van der Waals surface area contributed by atoms with Crippen molar-refractivity contribution in [1.29, 1.82) is 0 Å². The van der Waals surface area contributed by atoms with E-state index in [1.165, 1.54) is 18.6 Å². The molecule has 5 aromatic rings. The smallest absolute Gasteiger partial charge is 0.302 e. The van der Waals surface area contributed by atoms with Crippen molar-refractivity contribution in [2.24, 2.45) is 40.3 Å². The summed E-state index contributed by atoms with van der Waals surface area (Å²) in [5, 5.41) is 59.8. The molecule has 7 heterocycles. The number of benzene rings is 2. The zero-order valence-corrected chi connectivity index (χ0v) is 44.9. The van der Waals surface area contributed by atoms with Crippen LogP contribution in [-0.2, 0) is 33.5 Å². The molecule has 2 saturated heterocycles. The Kier molecular flexibility index (Phi) is 15.8. The SMILES string of the molecule is CNC[C@H]1[C@H](n2cc3[nH]ccc3c2CCCO)NC(=NCCCC2=CCNC(N)=C2)N[C@@]12CCC[C@H]1Oc3cc(ccc3O)C[C@H]3[C@@H]4O[C@H](c5cc(O)c(O)c(OCCc6cccnc6)c5)C[C@H](OC(C)=O)[C@@H]4C=C[C@@H]3C#C[C@@H]12. The van der Waals surface area contributed by atoms with Crippen LogP contribution in [0.4, 0.5) is 0 Å². The van der Waals surface area contributed by atoms with Gasteiger partial charge in [-0.25, -0.2) is 0 Å². The van der Waals surface area contributed by atoms with Crippen LogP contribution >= 0.6 is 0 Å². The summed E-state index contributed by atoms with van der Waals surface area (Å²) in [6, 6.07) is 14.6. The third-order valence-electron chi connectivity index (χ3n) is 16.9. The first-order valence-corrected chi connectivity index (χ1v) is 28.0. The molecule has 2 aromatic carbocycles. The lowest BCUT2D eigenvalue weighted by molar-refractivity contribution is -0.179. The summed E-state index contributed by atoms with van der Waals surface area (Å²) < 4.78 is 28.9. The predicted octanol–water partition coefficient (Wildman–Crippen LogP) is 6.45. The second-order valence-electron chi connectivity index (χ2n) is 21.9. The molecule has 11 rings (SSSR count). The number of nitrogens with zero attached hydrogens (tertiary/aromatic N) is 3. The molecule has 79 heavy (non-hydrogen) atoms. The number of esters is 1. The van der Waals surface area contributed by atoms with Crippen molar-refractivity contribution in [2.45, 2.75) is 107 Å². The molecular formula is C61H73N9O9. The number of fused-ring (bicyclic) bond motifs is 8. The fraction of sp³-hybridized carbons (Fsp3) is 0.459. The van der Waals surface area contributed by atoms with Crippen molar-refractivity contribution >= 4 is 22.8 Å². The molecule has 18 heteroatoms. The predicted molar refractivity (Wildman–Crippen MR) is 299 cm³/mol. The number of phenolic OH excluding ortho intramolecular Hbond substituents is 3. The molecule has 2 aliphatic carbocycles. The Hall–Kier alpha value is -7.59. The van der Waals surface area contributed by atoms with Gasteiger partial charge in [-0.15, -0.1) is 0 Å². The van der Waals surface area contributed by atoms with Crippen molar-refractivity contribution in [3.63, 3.8) is 0 Å². The van der Waals surface area contributed by atoms with Crippen LogP contribution in [0, 0.1) is 41.4 Å². The number of nitrogens with two attached hydrogens (primary N) is 1. The molecule has 416 valence electrons. The summed E-state index contributed by atoms with van der Waals surface area (Å²) in [5.74, 6) is 6.90. The number of allylic oxidation sites excluding steroid dienone is 3. The highest BCUT2D eigenvalue weighted by Crippen LogP contribution is 2.51. The molecule has 0 amide bonds. The van der Waals surface area contributed by atoms with Crippen molar-refractivity contribution in [3.8, 4) is 40.6 Å². The number of carbonyl (C=O) groups excluding carboxylic acids is 1. The number of pyridine rings is 1. The van der Waals surface area contributed by atoms with Gasteiger partial charge in [0.15, 0.2) is 29.0 Å². The van der Waals surface area contributed by atoms with Crippen molar-refractivity contribution in [1.82, 2.24) is 35.8 Å². The lowest BCUT2D eigenvalue weighted by atomic mass is 9.62. The molecule has 6 aliphatic rings. The summed E-state index contributed by atoms with van der Waals surface area (Å²) in [5.41, 5.74) is 11.1. The lowest BCUT2D eigenvalue weighted by Gasteiger charge is -2.56. The Labute approximate surface area is 460 Å². The zero-order chi connectivity index (χ0) is 54.6. The molecule has 1 saturated carbocycles. The summed E-state index contributed by atoms with van der Waals surface area (Å²) in [7, 11) is 1.98. The first-order chi connectivity index (χ1) is 38.5. The van der Waals surface area contributed by atoms with Gasteiger partial charge in [-0.3, -0.25) is 14.8 Å². The fourth-order valence-corrected chi connectivity index (χ4v) is 13.2. The second-order valence-corrected chi connectivity index (χ2v) is 21.9. The highest BCUT2D eigenvalue weighted by Gasteiger charge is 2.57. The van der Waals surface area contributed by atoms with E-state index in [-0.39, 0.29) is 72.5 Å². The van der Waals surface area contributed by atoms with Gasteiger partial charge >= 0.3 is 5.97 Å². The van der Waals surface area contributed by atoms with Crippen LogP contribution in [0.2, 0.25) is 0 Å². The quantitative estimate of drug-likeness (QED) is 0.0168. The third kappa shape index (κ3) is 11.2. The van der Waals surface area contributed by atoms with Crippen LogP contribution in [0.15, 0.2) is 114 Å². The minimum Gasteiger partial charge on any atom is -0.504 e. The highest BCUT2D eigenvalue weighted by atomic mass is 16.6. The van der Waals surface area contributed by atoms with E-state index in [0.29, 0.717) is 74.8 Å². The maximum absolute atomic E-state index is 12.9. The maximum atomic E-state index is 12.9. The Bertz CT molecular complexity index is 3190. The van der Waals surface area contributed by atoms with Crippen molar-refractivity contribution < 1.29 is 44.2 Å². The Morgan fingerprint density at radius 2 is 1.97 bits per heavy atom. The average molecular weight is 1080 g/mol. The van der Waals surface area contributed by atoms with Crippen molar-refractivity contribution in [2.75, 3.05) is 39.9 Å². The average Bonchev–Trinajstić information content (AvgIpc) is 4.07. The van der Waals surface area contributed by atoms with Gasteiger partial charge in [0.1, 0.15) is 18.4 Å². The first-order valence-electron chi connectivity index (χ1n) is 28.0. The van der Waals surface area contributed by atoms with Crippen LogP contribution in [-0.4, -0.2) is 111 Å². The number of aliphatic hydroxyl groups is 1. The number of aromatic nitrogens is 3. The molecule has 0 unspecified atom stereocenters. The number of dihydropyridines is 1. The van der Waals surface area contributed by atoms with Gasteiger partial charge < -0.3 is 75.9 Å². The number of phenols is 3. The van der Waals surface area contributed by atoms with Crippen LogP contribution < -0.4 is 36.5 Å². The molecule has 3 fully saturated rings. The van der Waals surface area contributed by atoms with E-state index in [4.69, 9.17) is 29.7 Å². The number of nitrogens with one attached hydrogen (secondary N) is 5. The van der Waals surface area contributed by atoms with Crippen LogP contribution in [0.5, 0.6) is 28.7 Å². The molecule has 4 aliphatic heterocycles. The van der Waals surface area contributed by atoms with E-state index in [0.717, 1.165) is 53.4 Å². The number of aliphatic imine (C=N–C) groups is 1. The standard InChI is InChI=1S/C61H73N9O9/c1-36(72)77-53-32-52(41-30-50(74)57(75)55(31-41)76-26-19-38-8-4-21-64-33-38)79-58-43(53)14-12-40-13-15-45-51(78-54-28-39(27-44(40)58)11-16-49(54)73)10-3-20-61(45)46(34-63-2)59(70-35-47-42(18-24-65-47)48(70)9-6-25-71)68-60(69-61)67-22-5-7-37-17-23-66-56(62)29-37/h4,8,11-12,14,16-18,21,24,28-31,33,35,40,43-46,51-53,58-59,63,65-66,71,73-75H,3,5-7,9-10,19-20,22-23,25-27,32,34,62H2,1-2H3,(H2,67,68,69)/t40-,43+,44-,45+,46+,51-,52+,53+,58-,59+,61-/m1/s1. The van der Waals surface area contributed by atoms with E-state index in [1.807, 2.05) is 43.6 Å². The van der Waals surface area contributed by atoms with Gasteiger partial charge in [0.25, 0.3) is 0 Å². The number of aliphatic hydroxyl groups excluding tert-OH is 1. The minimum atomic E-state index is -0.738. The molecule has 3 aromatic heterocycles. The largest absolute Gasteiger partial charge is 0.504 e. The van der Waals surface area contributed by atoms with E-state index < -0.39 is 41.8 Å². The number of aromatic hydroxyl groups is 3. The monoisotopic (exact) mass is 1080 g/mol. The number of rotatable bonds is 16. The number of ether oxygens (including phenoxy) is 4. The number of aryl methyl sites for hydroxylation is 1. The number of H-pyrrole nitrogens is 1. The minimum absolute atomic E-state index is 0.0309. The molecule has 2 bridgehead atoms. The van der Waals surface area contributed by atoms with Gasteiger partial charge in [0.2, 0.25) is 5.75 Å².